The van der Waals surface area contributed by atoms with E-state index in [1.165, 1.54) is 30.3 Å². The molecule has 0 fully saturated rings. The van der Waals surface area contributed by atoms with Crippen molar-refractivity contribution in [3.63, 3.8) is 0 Å². The maximum Gasteiger partial charge on any atom is 0.341 e. The number of benzene rings is 2. The Morgan fingerprint density at radius 3 is 2.41 bits per heavy atom. The van der Waals surface area contributed by atoms with Crippen molar-refractivity contribution in [2.75, 3.05) is 13.7 Å². The van der Waals surface area contributed by atoms with Gasteiger partial charge in [0.05, 0.1) is 22.9 Å². The molecule has 27 heavy (non-hydrogen) atoms. The molecular formula is C18H19NO7S. The van der Waals surface area contributed by atoms with Gasteiger partial charge in [-0.3, -0.25) is 4.79 Å². The van der Waals surface area contributed by atoms with E-state index < -0.39 is 15.8 Å². The third-order valence-electron chi connectivity index (χ3n) is 3.67. The first-order chi connectivity index (χ1) is 12.8. The molecule has 0 aromatic heterocycles. The maximum atomic E-state index is 12.7. The fourth-order valence-corrected chi connectivity index (χ4v) is 3.48. The summed E-state index contributed by atoms with van der Waals surface area (Å²) in [7, 11) is -2.78. The lowest BCUT2D eigenvalue weighted by Crippen LogP contribution is -2.30. The average Bonchev–Trinajstić information content (AvgIpc) is 2.66. The molecule has 0 spiro atoms. The van der Waals surface area contributed by atoms with Crippen molar-refractivity contribution in [2.24, 2.45) is 0 Å². The van der Waals surface area contributed by atoms with Crippen LogP contribution in [-0.4, -0.2) is 45.7 Å². The number of phenols is 1. The molecule has 9 heteroatoms. The van der Waals surface area contributed by atoms with Crippen LogP contribution in [0.25, 0.3) is 0 Å². The number of nitrogens with one attached hydrogen (secondary N) is 1. The molecule has 1 atom stereocenters. The minimum absolute atomic E-state index is 0.00424. The third kappa shape index (κ3) is 4.76. The van der Waals surface area contributed by atoms with Gasteiger partial charge < -0.3 is 19.9 Å². The van der Waals surface area contributed by atoms with Crippen molar-refractivity contribution in [3.05, 3.63) is 48.0 Å². The van der Waals surface area contributed by atoms with Gasteiger partial charge in [-0.2, -0.15) is 0 Å². The van der Waals surface area contributed by atoms with Crippen molar-refractivity contribution in [1.29, 1.82) is 0 Å². The van der Waals surface area contributed by atoms with Crippen LogP contribution in [0.5, 0.6) is 11.5 Å². The van der Waals surface area contributed by atoms with E-state index in [0.29, 0.717) is 12.2 Å². The second-order valence-electron chi connectivity index (χ2n) is 5.64. The summed E-state index contributed by atoms with van der Waals surface area (Å²) >= 11 is 0. The molecule has 2 aromatic rings. The van der Waals surface area contributed by atoms with Crippen molar-refractivity contribution < 1.29 is 32.6 Å². The number of carbonyl (C=O) groups is 2. The molecule has 0 aliphatic heterocycles. The number of ether oxygens (including phenoxy) is 2. The number of hydrogen-bond donors (Lipinski definition) is 2. The van der Waals surface area contributed by atoms with Crippen LogP contribution < -0.4 is 10.1 Å². The molecule has 0 heterocycles. The summed E-state index contributed by atoms with van der Waals surface area (Å²) < 4.78 is 35.5. The number of rotatable bonds is 8. The summed E-state index contributed by atoms with van der Waals surface area (Å²) in [5.41, 5.74) is -0.241. The second kappa shape index (κ2) is 8.54. The zero-order valence-electron chi connectivity index (χ0n) is 14.7. The van der Waals surface area contributed by atoms with Crippen LogP contribution in [-0.2, 0) is 19.4 Å². The number of sulfone groups is 1. The maximum absolute atomic E-state index is 12.7. The predicted molar refractivity (Wildman–Crippen MR) is 95.5 cm³/mol. The van der Waals surface area contributed by atoms with Crippen molar-refractivity contribution in [2.45, 2.75) is 22.8 Å². The minimum atomic E-state index is -3.91. The first kappa shape index (κ1) is 20.2. The molecular weight excluding hydrogens is 374 g/mol. The van der Waals surface area contributed by atoms with Gasteiger partial charge in [-0.05, 0) is 49.4 Å². The van der Waals surface area contributed by atoms with E-state index in [9.17, 15) is 23.1 Å². The monoisotopic (exact) mass is 393 g/mol. The number of hydrogen-bond acceptors (Lipinski definition) is 7. The van der Waals surface area contributed by atoms with Gasteiger partial charge in [0.1, 0.15) is 23.7 Å². The predicted octanol–water partition coefficient (Wildman–Crippen LogP) is 1.52. The van der Waals surface area contributed by atoms with E-state index in [2.05, 4.69) is 10.1 Å². The molecule has 144 valence electrons. The zero-order chi connectivity index (χ0) is 20.0. The highest BCUT2D eigenvalue weighted by molar-refractivity contribution is 7.91. The molecule has 2 N–H and O–H groups in total. The fraction of sp³-hybridized carbons (Fsp3) is 0.222. The van der Waals surface area contributed by atoms with Crippen molar-refractivity contribution >= 4 is 22.2 Å². The van der Waals surface area contributed by atoms with Crippen molar-refractivity contribution in [3.8, 4) is 11.5 Å². The molecule has 2 aromatic carbocycles. The number of esters is 1. The smallest absolute Gasteiger partial charge is 0.341 e. The van der Waals surface area contributed by atoms with Crippen LogP contribution in [0.4, 0.5) is 0 Å². The summed E-state index contributed by atoms with van der Waals surface area (Å²) in [6.07, 6.45) is 0.573. The van der Waals surface area contributed by atoms with Crippen molar-refractivity contribution in [1.82, 2.24) is 5.32 Å². The number of carbonyl (C=O) groups excluding carboxylic acids is 2. The van der Waals surface area contributed by atoms with E-state index in [1.807, 2.05) is 0 Å². The summed E-state index contributed by atoms with van der Waals surface area (Å²) in [5.74, 6) is -0.775. The number of aromatic hydroxyl groups is 1. The SMILES string of the molecule is COC(=O)c1cc(S(=O)(=O)c2ccc(OC[C@@H](C)NC=O)cc2)ccc1O. The first-order valence-electron chi connectivity index (χ1n) is 7.88. The van der Waals surface area contributed by atoms with Gasteiger partial charge in [-0.25, -0.2) is 13.2 Å². The quantitative estimate of drug-likeness (QED) is 0.515. The van der Waals surface area contributed by atoms with Gasteiger partial charge in [0, 0.05) is 0 Å². The Morgan fingerprint density at radius 1 is 1.19 bits per heavy atom. The van der Waals surface area contributed by atoms with E-state index >= 15 is 0 Å². The number of phenolic OH excluding ortho intramolecular Hbond substituents is 1. The van der Waals surface area contributed by atoms with E-state index in [-0.39, 0.29) is 33.8 Å². The lowest BCUT2D eigenvalue weighted by Gasteiger charge is -2.12. The van der Waals surface area contributed by atoms with Gasteiger partial charge in [0.2, 0.25) is 16.2 Å². The molecule has 0 saturated carbocycles. The Kier molecular flexibility index (Phi) is 6.40. The molecule has 0 bridgehead atoms. The van der Waals surface area contributed by atoms with Gasteiger partial charge in [-0.1, -0.05) is 0 Å². The molecule has 0 unspecified atom stereocenters. The molecule has 0 aliphatic carbocycles. The lowest BCUT2D eigenvalue weighted by molar-refractivity contribution is -0.110. The molecule has 0 aliphatic rings. The van der Waals surface area contributed by atoms with Gasteiger partial charge in [0.15, 0.2) is 0 Å². The van der Waals surface area contributed by atoms with Gasteiger partial charge in [0.25, 0.3) is 0 Å². The minimum Gasteiger partial charge on any atom is -0.507 e. The Morgan fingerprint density at radius 2 is 1.81 bits per heavy atom. The Labute approximate surface area is 156 Å². The second-order valence-corrected chi connectivity index (χ2v) is 7.59. The fourth-order valence-electron chi connectivity index (χ4n) is 2.19. The highest BCUT2D eigenvalue weighted by atomic mass is 32.2. The number of amides is 1. The zero-order valence-corrected chi connectivity index (χ0v) is 15.5. The van der Waals surface area contributed by atoms with Crippen LogP contribution in [0, 0.1) is 0 Å². The summed E-state index contributed by atoms with van der Waals surface area (Å²) in [6, 6.07) is 8.91. The van der Waals surface area contributed by atoms with E-state index in [1.54, 1.807) is 6.92 Å². The topological polar surface area (TPSA) is 119 Å². The normalized spacial score (nSPS) is 12.1. The summed E-state index contributed by atoms with van der Waals surface area (Å²) in [4.78, 5) is 21.8. The van der Waals surface area contributed by atoms with E-state index in [0.717, 1.165) is 19.2 Å². The van der Waals surface area contributed by atoms with E-state index in [4.69, 9.17) is 4.74 Å². The largest absolute Gasteiger partial charge is 0.507 e. The van der Waals surface area contributed by atoms with Crippen LogP contribution in [0.2, 0.25) is 0 Å². The highest BCUT2D eigenvalue weighted by Crippen LogP contribution is 2.27. The first-order valence-corrected chi connectivity index (χ1v) is 9.37. The third-order valence-corrected chi connectivity index (χ3v) is 5.44. The number of methoxy groups -OCH3 is 1. The molecule has 1 amide bonds. The van der Waals surface area contributed by atoms with Crippen LogP contribution >= 0.6 is 0 Å². The van der Waals surface area contributed by atoms with Crippen LogP contribution in [0.1, 0.15) is 17.3 Å². The molecule has 8 nitrogen and oxygen atoms in total. The highest BCUT2D eigenvalue weighted by Gasteiger charge is 2.21. The molecule has 0 saturated heterocycles. The standard InChI is InChI=1S/C18H19NO7S/c1-12(19-11-20)10-26-13-3-5-14(6-4-13)27(23,24)15-7-8-17(21)16(9-15)18(22)25-2/h3-9,11-12,21H,10H2,1-2H3,(H,19,20)/t12-/m1/s1. The molecule has 2 rings (SSSR count). The van der Waals surface area contributed by atoms with Crippen LogP contribution in [0.15, 0.2) is 52.3 Å². The Balaban J connectivity index is 2.24. The summed E-state index contributed by atoms with van der Waals surface area (Å²) in [5, 5.41) is 12.2. The Hall–Kier alpha value is -3.07. The van der Waals surface area contributed by atoms with Crippen LogP contribution in [0.3, 0.4) is 0 Å². The summed E-state index contributed by atoms with van der Waals surface area (Å²) in [6.45, 7) is 1.99. The Bertz CT molecular complexity index is 923. The molecule has 0 radical (unpaired) electrons. The van der Waals surface area contributed by atoms with Gasteiger partial charge in [-0.15, -0.1) is 0 Å². The lowest BCUT2D eigenvalue weighted by atomic mass is 10.2. The van der Waals surface area contributed by atoms with Gasteiger partial charge >= 0.3 is 5.97 Å². The average molecular weight is 393 g/mol.